The van der Waals surface area contributed by atoms with Gasteiger partial charge in [0.1, 0.15) is 24.4 Å². The monoisotopic (exact) mass is 888 g/mol. The van der Waals surface area contributed by atoms with Crippen molar-refractivity contribution >= 4 is 23.1 Å². The van der Waals surface area contributed by atoms with Crippen molar-refractivity contribution in [1.29, 1.82) is 0 Å². The van der Waals surface area contributed by atoms with E-state index in [1.165, 1.54) is 13.8 Å². The van der Waals surface area contributed by atoms with Crippen LogP contribution in [0, 0.1) is 0 Å². The molecule has 0 aromatic heterocycles. The molecule has 6 saturated heterocycles. The summed E-state index contributed by atoms with van der Waals surface area (Å²) in [6.45, 7) is 17.8. The zero-order chi connectivity index (χ0) is 44.2. The molecule has 17 heteroatoms. The molecule has 61 heavy (non-hydrogen) atoms. The standard InChI is InChI=1S/2C12H19O6.2C10H10O2.Ti/c2*1-11(2)14-5-6(16-11)8-7(13)9-10(15-8)18-12(3,4)17-9;2*1-8(11)7-10(12)9-5-3-2-4-6-9;/h2*6-10H,5H2,1-4H3;2*2-7,12H,1H3;/q2*-1;;;/p-2/b;;2*10-7-;. The summed E-state index contributed by atoms with van der Waals surface area (Å²) in [7, 11) is 0. The Balaban J connectivity index is 0.000000182. The van der Waals surface area contributed by atoms with Crippen LogP contribution in [0.15, 0.2) is 72.8 Å². The third-order valence-corrected chi connectivity index (χ3v) is 9.63. The van der Waals surface area contributed by atoms with E-state index >= 15 is 0 Å². The first kappa shape index (κ1) is 50.7. The number of hydrogen-bond donors (Lipinski definition) is 0. The first-order valence-corrected chi connectivity index (χ1v) is 19.8. The molecule has 2 aromatic rings. The van der Waals surface area contributed by atoms with Gasteiger partial charge >= 0.3 is 0 Å². The van der Waals surface area contributed by atoms with Crippen LogP contribution in [0.25, 0.3) is 11.5 Å². The SMILES string of the molecule is CC(=O)/C=C(\[O-])c1ccccc1.CC(=O)/C=C(\[O-])c1ccccc1.CC1(C)OCC(C2OC3OC(C)(C)OC3C2[O-])O1.CC1(C)OCC(C2OC3OC(C)(C)OC3C2[O-])O1.[Ti]. The molecule has 6 aliphatic rings. The second kappa shape index (κ2) is 20.7. The molecule has 6 aliphatic heterocycles. The largest absolute Gasteiger partial charge is 0.872 e. The molecule has 6 heterocycles. The summed E-state index contributed by atoms with van der Waals surface area (Å²) in [5.74, 6) is -3.73. The van der Waals surface area contributed by atoms with Gasteiger partial charge in [-0.1, -0.05) is 84.4 Å². The minimum Gasteiger partial charge on any atom is -0.872 e. The number of ether oxygens (including phenoxy) is 10. The maximum absolute atomic E-state index is 12.3. The van der Waals surface area contributed by atoms with Crippen molar-refractivity contribution < 1.29 is 99.1 Å². The normalized spacial score (nSPS) is 33.6. The van der Waals surface area contributed by atoms with E-state index in [-0.39, 0.29) is 57.0 Å². The number of benzene rings is 2. The number of carbonyl (C=O) groups excluding carboxylic acids is 2. The maximum atomic E-state index is 12.3. The van der Waals surface area contributed by atoms with Gasteiger partial charge in [-0.15, -0.1) is 0 Å². The van der Waals surface area contributed by atoms with Crippen molar-refractivity contribution in [2.24, 2.45) is 0 Å². The van der Waals surface area contributed by atoms with Gasteiger partial charge in [0.25, 0.3) is 0 Å². The van der Waals surface area contributed by atoms with E-state index in [0.29, 0.717) is 24.3 Å². The molecule has 8 rings (SSSR count). The number of fused-ring (bicyclic) bond motifs is 2. The Labute approximate surface area is 371 Å². The van der Waals surface area contributed by atoms with Gasteiger partial charge in [0.05, 0.1) is 25.4 Å². The zero-order valence-electron chi connectivity index (χ0n) is 36.1. The molecule has 10 atom stereocenters. The van der Waals surface area contributed by atoms with E-state index < -0.39 is 72.4 Å². The third-order valence-electron chi connectivity index (χ3n) is 9.63. The molecule has 0 amide bonds. The summed E-state index contributed by atoms with van der Waals surface area (Å²) in [5.41, 5.74) is 1.10. The van der Waals surface area contributed by atoms with Gasteiger partial charge in [-0.25, -0.2) is 0 Å². The fourth-order valence-electron chi connectivity index (χ4n) is 7.10. The molecule has 0 saturated carbocycles. The minimum absolute atomic E-state index is 0. The first-order valence-electron chi connectivity index (χ1n) is 19.8. The molecular weight excluding hydrogens is 832 g/mol. The number of allylic oxidation sites excluding steroid dienone is 2. The molecule has 0 N–H and O–H groups in total. The molecule has 0 spiro atoms. The van der Waals surface area contributed by atoms with Crippen LogP contribution in [0.4, 0.5) is 0 Å². The Morgan fingerprint density at radius 1 is 0.525 bits per heavy atom. The van der Waals surface area contributed by atoms with Gasteiger partial charge in [0.15, 0.2) is 47.3 Å². The average Bonchev–Trinajstić information content (AvgIpc) is 3.98. The predicted octanol–water partition coefficient (Wildman–Crippen LogP) is 1.44. The molecule has 0 aliphatic carbocycles. The second-order valence-corrected chi connectivity index (χ2v) is 16.8. The van der Waals surface area contributed by atoms with Crippen molar-refractivity contribution in [2.75, 3.05) is 13.2 Å². The van der Waals surface area contributed by atoms with Crippen molar-refractivity contribution in [3.63, 3.8) is 0 Å². The molecule has 0 radical (unpaired) electrons. The Kier molecular flexibility index (Phi) is 17.2. The van der Waals surface area contributed by atoms with E-state index in [9.17, 15) is 30.0 Å². The van der Waals surface area contributed by atoms with Crippen molar-refractivity contribution in [2.45, 2.75) is 154 Å². The first-order chi connectivity index (χ1) is 27.9. The van der Waals surface area contributed by atoms with E-state index in [0.717, 1.165) is 12.2 Å². The molecule has 16 nitrogen and oxygen atoms in total. The van der Waals surface area contributed by atoms with Gasteiger partial charge < -0.3 is 67.8 Å². The van der Waals surface area contributed by atoms with Crippen LogP contribution in [0.3, 0.4) is 0 Å². The Bertz CT molecular complexity index is 1680. The van der Waals surface area contributed by atoms with Crippen molar-refractivity contribution in [3.05, 3.63) is 83.9 Å². The zero-order valence-corrected chi connectivity index (χ0v) is 37.7. The summed E-state index contributed by atoms with van der Waals surface area (Å²) in [4.78, 5) is 21.1. The summed E-state index contributed by atoms with van der Waals surface area (Å²) in [6, 6.07) is 17.4. The molecule has 2 aromatic carbocycles. The van der Waals surface area contributed by atoms with Crippen LogP contribution in [-0.2, 0) is 78.7 Å². The quantitative estimate of drug-likeness (QED) is 0.228. The topological polar surface area (TPSA) is 219 Å². The van der Waals surface area contributed by atoms with Crippen LogP contribution < -0.4 is 20.4 Å². The maximum Gasteiger partial charge on any atom is 0.186 e. The van der Waals surface area contributed by atoms with Gasteiger partial charge in [0, 0.05) is 21.7 Å². The molecule has 10 unspecified atom stereocenters. The van der Waals surface area contributed by atoms with Crippen LogP contribution >= 0.6 is 0 Å². The van der Waals surface area contributed by atoms with Crippen LogP contribution in [0.1, 0.15) is 80.4 Å². The number of ketones is 2. The third kappa shape index (κ3) is 14.0. The van der Waals surface area contributed by atoms with E-state index in [1.54, 1.807) is 76.2 Å². The van der Waals surface area contributed by atoms with Crippen molar-refractivity contribution in [3.8, 4) is 0 Å². The Morgan fingerprint density at radius 3 is 1.11 bits per heavy atom. The van der Waals surface area contributed by atoms with Gasteiger partial charge in [-0.2, -0.15) is 0 Å². The molecular formula is C44H56O16Ti-4. The summed E-state index contributed by atoms with van der Waals surface area (Å²) >= 11 is 0. The summed E-state index contributed by atoms with van der Waals surface area (Å²) in [5, 5.41) is 46.9. The van der Waals surface area contributed by atoms with E-state index in [4.69, 9.17) is 47.4 Å². The smallest absolute Gasteiger partial charge is 0.186 e. The van der Waals surface area contributed by atoms with Crippen molar-refractivity contribution in [1.82, 2.24) is 0 Å². The van der Waals surface area contributed by atoms with Crippen LogP contribution in [0.5, 0.6) is 0 Å². The second-order valence-electron chi connectivity index (χ2n) is 16.8. The number of rotatable bonds is 6. The van der Waals surface area contributed by atoms with Gasteiger partial charge in [0.2, 0.25) is 0 Å². The fourth-order valence-corrected chi connectivity index (χ4v) is 7.10. The van der Waals surface area contributed by atoms with E-state index in [2.05, 4.69) is 0 Å². The average molecular weight is 889 g/mol. The summed E-state index contributed by atoms with van der Waals surface area (Å²) in [6.07, 6.45) is -4.07. The fraction of sp³-hybridized carbons (Fsp3) is 0.591. The molecule has 336 valence electrons. The number of carbonyl (C=O) groups is 2. The minimum atomic E-state index is -1.01. The predicted molar refractivity (Wildman–Crippen MR) is 205 cm³/mol. The Morgan fingerprint density at radius 2 is 0.852 bits per heavy atom. The Hall–Kier alpha value is -2.91. The summed E-state index contributed by atoms with van der Waals surface area (Å²) < 4.78 is 55.8. The van der Waals surface area contributed by atoms with E-state index in [1.807, 2.05) is 39.8 Å². The van der Waals surface area contributed by atoms with Crippen LogP contribution in [0.2, 0.25) is 0 Å². The molecule has 6 fully saturated rings. The van der Waals surface area contributed by atoms with Crippen LogP contribution in [-0.4, -0.2) is 109 Å². The number of hydrogen-bond acceptors (Lipinski definition) is 16. The van der Waals surface area contributed by atoms with Gasteiger partial charge in [-0.3, -0.25) is 9.59 Å². The van der Waals surface area contributed by atoms with Gasteiger partial charge in [-0.05, 0) is 92.5 Å². The molecule has 0 bridgehead atoms.